The number of ether oxygens (including phenoxy) is 1. The van der Waals surface area contributed by atoms with Crippen molar-refractivity contribution in [3.05, 3.63) is 53.9 Å². The minimum absolute atomic E-state index is 0.144. The highest BCUT2D eigenvalue weighted by Gasteiger charge is 2.52. The van der Waals surface area contributed by atoms with Gasteiger partial charge in [-0.15, -0.1) is 0 Å². The summed E-state index contributed by atoms with van der Waals surface area (Å²) in [6.07, 6.45) is 2.76. The average Bonchev–Trinajstić information content (AvgIpc) is 3.33. The normalized spacial score (nSPS) is 22.5. The molecule has 0 spiro atoms. The van der Waals surface area contributed by atoms with E-state index in [9.17, 15) is 4.79 Å². The molecule has 2 unspecified atom stereocenters. The van der Waals surface area contributed by atoms with Crippen LogP contribution < -0.4 is 9.64 Å². The van der Waals surface area contributed by atoms with Crippen molar-refractivity contribution in [2.45, 2.75) is 18.9 Å². The van der Waals surface area contributed by atoms with Crippen LogP contribution in [0.25, 0.3) is 0 Å². The van der Waals surface area contributed by atoms with Crippen molar-refractivity contribution in [1.29, 1.82) is 0 Å². The van der Waals surface area contributed by atoms with Crippen LogP contribution in [0.1, 0.15) is 23.6 Å². The van der Waals surface area contributed by atoms with Gasteiger partial charge in [-0.3, -0.25) is 9.78 Å². The molecule has 4 nitrogen and oxygen atoms in total. The summed E-state index contributed by atoms with van der Waals surface area (Å²) in [5, 5.41) is 0. The van der Waals surface area contributed by atoms with Crippen LogP contribution in [-0.4, -0.2) is 18.0 Å². The zero-order valence-corrected chi connectivity index (χ0v) is 11.8. The third-order valence-electron chi connectivity index (χ3n) is 4.33. The Morgan fingerprint density at radius 3 is 2.81 bits per heavy atom. The third-order valence-corrected chi connectivity index (χ3v) is 4.33. The Balaban J connectivity index is 1.66. The molecule has 4 heteroatoms. The number of amides is 1. The molecule has 1 amide bonds. The first-order valence-corrected chi connectivity index (χ1v) is 7.17. The Morgan fingerprint density at radius 1 is 1.24 bits per heavy atom. The zero-order valence-electron chi connectivity index (χ0n) is 11.8. The maximum atomic E-state index is 12.5. The minimum Gasteiger partial charge on any atom is -0.497 e. The molecule has 0 radical (unpaired) electrons. The minimum atomic E-state index is 0.144. The molecule has 2 atom stereocenters. The van der Waals surface area contributed by atoms with E-state index in [2.05, 4.69) is 4.98 Å². The first kappa shape index (κ1) is 12.4. The van der Waals surface area contributed by atoms with E-state index >= 15 is 0 Å². The first-order valence-electron chi connectivity index (χ1n) is 7.17. The van der Waals surface area contributed by atoms with Crippen LogP contribution in [0.2, 0.25) is 0 Å². The van der Waals surface area contributed by atoms with Gasteiger partial charge in [-0.1, -0.05) is 12.1 Å². The molecule has 1 fully saturated rings. The van der Waals surface area contributed by atoms with Gasteiger partial charge in [-0.25, -0.2) is 0 Å². The number of carbonyl (C=O) groups is 1. The van der Waals surface area contributed by atoms with Crippen molar-refractivity contribution < 1.29 is 9.53 Å². The number of methoxy groups -OCH3 is 1. The van der Waals surface area contributed by atoms with E-state index < -0.39 is 0 Å². The Kier molecular flexibility index (Phi) is 2.70. The lowest BCUT2D eigenvalue weighted by Gasteiger charge is -2.28. The highest BCUT2D eigenvalue weighted by molar-refractivity contribution is 6.00. The third kappa shape index (κ3) is 1.98. The summed E-state index contributed by atoms with van der Waals surface area (Å²) >= 11 is 0. The summed E-state index contributed by atoms with van der Waals surface area (Å²) < 4.78 is 5.17. The van der Waals surface area contributed by atoms with Crippen molar-refractivity contribution in [3.8, 4) is 5.75 Å². The standard InChI is InChI=1S/C17H16N2O2/c1-21-12-6-4-11(5-7-12)10-19-15-3-2-8-18-16(15)13-9-14(13)17(19)20/h2-8,13-14H,9-10H2,1H3. The molecule has 0 saturated heterocycles. The lowest BCUT2D eigenvalue weighted by molar-refractivity contribution is -0.120. The molecule has 0 bridgehead atoms. The molecular weight excluding hydrogens is 264 g/mol. The smallest absolute Gasteiger partial charge is 0.231 e. The summed E-state index contributed by atoms with van der Waals surface area (Å²) in [5.74, 6) is 1.55. The van der Waals surface area contributed by atoms with Crippen molar-refractivity contribution >= 4 is 11.6 Å². The molecule has 21 heavy (non-hydrogen) atoms. The fraction of sp³-hybridized carbons (Fsp3) is 0.294. The van der Waals surface area contributed by atoms with E-state index in [1.807, 2.05) is 47.5 Å². The number of anilines is 1. The van der Waals surface area contributed by atoms with Crippen LogP contribution in [0, 0.1) is 5.92 Å². The van der Waals surface area contributed by atoms with Gasteiger partial charge in [-0.05, 0) is 36.2 Å². The van der Waals surface area contributed by atoms with Crippen molar-refractivity contribution in [2.75, 3.05) is 12.0 Å². The van der Waals surface area contributed by atoms with Crippen molar-refractivity contribution in [3.63, 3.8) is 0 Å². The summed E-state index contributed by atoms with van der Waals surface area (Å²) in [6, 6.07) is 11.7. The van der Waals surface area contributed by atoms with Gasteiger partial charge in [0.25, 0.3) is 0 Å². The van der Waals surface area contributed by atoms with E-state index in [1.165, 1.54) is 0 Å². The van der Waals surface area contributed by atoms with E-state index in [4.69, 9.17) is 4.74 Å². The number of hydrogen-bond acceptors (Lipinski definition) is 3. The quantitative estimate of drug-likeness (QED) is 0.868. The van der Waals surface area contributed by atoms with Gasteiger partial charge in [0.1, 0.15) is 5.75 Å². The number of fused-ring (bicyclic) bond motifs is 3. The fourth-order valence-corrected chi connectivity index (χ4v) is 3.09. The first-order chi connectivity index (χ1) is 10.3. The number of rotatable bonds is 3. The Labute approximate surface area is 123 Å². The van der Waals surface area contributed by atoms with Crippen LogP contribution in [0.5, 0.6) is 5.75 Å². The second-order valence-electron chi connectivity index (χ2n) is 5.63. The van der Waals surface area contributed by atoms with Gasteiger partial charge in [0.15, 0.2) is 0 Å². The number of pyridine rings is 1. The second-order valence-corrected chi connectivity index (χ2v) is 5.63. The molecule has 4 rings (SSSR count). The highest BCUT2D eigenvalue weighted by Crippen LogP contribution is 2.54. The topological polar surface area (TPSA) is 42.4 Å². The molecule has 2 heterocycles. The van der Waals surface area contributed by atoms with Crippen LogP contribution in [-0.2, 0) is 11.3 Å². The van der Waals surface area contributed by atoms with E-state index in [-0.39, 0.29) is 11.8 Å². The Bertz CT molecular complexity index is 696. The van der Waals surface area contributed by atoms with Crippen LogP contribution in [0.3, 0.4) is 0 Å². The molecule has 1 saturated carbocycles. The monoisotopic (exact) mass is 280 g/mol. The second kappa shape index (κ2) is 4.58. The number of carbonyl (C=O) groups excluding carboxylic acids is 1. The average molecular weight is 280 g/mol. The van der Waals surface area contributed by atoms with Gasteiger partial charge in [0, 0.05) is 18.0 Å². The lowest BCUT2D eigenvalue weighted by Crippen LogP contribution is -2.35. The summed E-state index contributed by atoms with van der Waals surface area (Å²) in [6.45, 7) is 0.588. The van der Waals surface area contributed by atoms with Gasteiger partial charge in [0.05, 0.1) is 25.0 Å². The Morgan fingerprint density at radius 2 is 2.05 bits per heavy atom. The number of aromatic nitrogens is 1. The molecule has 0 N–H and O–H groups in total. The molecule has 1 aliphatic heterocycles. The van der Waals surface area contributed by atoms with E-state index in [0.29, 0.717) is 12.5 Å². The largest absolute Gasteiger partial charge is 0.497 e. The fourth-order valence-electron chi connectivity index (χ4n) is 3.09. The Hall–Kier alpha value is -2.36. The molecule has 106 valence electrons. The van der Waals surface area contributed by atoms with Gasteiger partial charge < -0.3 is 9.64 Å². The number of benzene rings is 1. The van der Waals surface area contributed by atoms with E-state index in [0.717, 1.165) is 29.1 Å². The van der Waals surface area contributed by atoms with Gasteiger partial charge >= 0.3 is 0 Å². The SMILES string of the molecule is COc1ccc(CN2C(=O)C3CC3c3ncccc32)cc1. The molecule has 1 aliphatic carbocycles. The van der Waals surface area contributed by atoms with Gasteiger partial charge in [0.2, 0.25) is 5.91 Å². The summed E-state index contributed by atoms with van der Waals surface area (Å²) in [5.41, 5.74) is 3.14. The predicted molar refractivity (Wildman–Crippen MR) is 79.3 cm³/mol. The van der Waals surface area contributed by atoms with Crippen LogP contribution in [0.4, 0.5) is 5.69 Å². The number of hydrogen-bond donors (Lipinski definition) is 0. The molecule has 2 aliphatic rings. The summed E-state index contributed by atoms with van der Waals surface area (Å²) in [7, 11) is 1.65. The number of nitrogens with zero attached hydrogens (tertiary/aromatic N) is 2. The predicted octanol–water partition coefficient (Wildman–Crippen LogP) is 2.74. The lowest BCUT2D eigenvalue weighted by atomic mass is 10.1. The van der Waals surface area contributed by atoms with Crippen LogP contribution in [0.15, 0.2) is 42.6 Å². The molecule has 1 aromatic carbocycles. The van der Waals surface area contributed by atoms with Crippen LogP contribution >= 0.6 is 0 Å². The molecular formula is C17H16N2O2. The summed E-state index contributed by atoms with van der Waals surface area (Å²) in [4.78, 5) is 18.9. The van der Waals surface area contributed by atoms with Gasteiger partial charge in [-0.2, -0.15) is 0 Å². The highest BCUT2D eigenvalue weighted by atomic mass is 16.5. The molecule has 1 aromatic heterocycles. The maximum Gasteiger partial charge on any atom is 0.231 e. The maximum absolute atomic E-state index is 12.5. The molecule has 2 aromatic rings. The van der Waals surface area contributed by atoms with Crippen molar-refractivity contribution in [2.24, 2.45) is 5.92 Å². The van der Waals surface area contributed by atoms with E-state index in [1.54, 1.807) is 7.11 Å². The van der Waals surface area contributed by atoms with Crippen molar-refractivity contribution in [1.82, 2.24) is 4.98 Å². The zero-order chi connectivity index (χ0) is 14.4.